The van der Waals surface area contributed by atoms with Gasteiger partial charge in [0.2, 0.25) is 5.56 Å². The highest BCUT2D eigenvalue weighted by Gasteiger charge is 2.15. The van der Waals surface area contributed by atoms with Crippen molar-refractivity contribution in [1.82, 2.24) is 4.98 Å². The minimum Gasteiger partial charge on any atom is -0.457 e. The molecule has 0 aliphatic heterocycles. The lowest BCUT2D eigenvalue weighted by molar-refractivity contribution is 0.102. The zero-order valence-electron chi connectivity index (χ0n) is 13.5. The summed E-state index contributed by atoms with van der Waals surface area (Å²) in [5.74, 6) is -0.485. The molecule has 1 aromatic heterocycles. The Bertz CT molecular complexity index is 985. The van der Waals surface area contributed by atoms with Crippen molar-refractivity contribution in [3.05, 3.63) is 88.1 Å². The number of anilines is 1. The van der Waals surface area contributed by atoms with E-state index in [1.54, 1.807) is 0 Å². The Morgan fingerprint density at radius 2 is 1.85 bits per heavy atom. The summed E-state index contributed by atoms with van der Waals surface area (Å²) in [5, 5.41) is 2.56. The predicted molar refractivity (Wildman–Crippen MR) is 92.7 cm³/mol. The quantitative estimate of drug-likeness (QED) is 0.725. The van der Waals surface area contributed by atoms with Crippen LogP contribution in [0.1, 0.15) is 15.9 Å². The zero-order chi connectivity index (χ0) is 18.5. The molecule has 0 aliphatic carbocycles. The van der Waals surface area contributed by atoms with E-state index in [2.05, 4.69) is 10.3 Å². The summed E-state index contributed by atoms with van der Waals surface area (Å²) >= 11 is 0. The van der Waals surface area contributed by atoms with Gasteiger partial charge in [-0.1, -0.05) is 6.07 Å². The Balaban J connectivity index is 1.91. The molecule has 1 heterocycles. The summed E-state index contributed by atoms with van der Waals surface area (Å²) in [6.45, 7) is -0.748. The highest BCUT2D eigenvalue weighted by Crippen LogP contribution is 2.27. The van der Waals surface area contributed by atoms with E-state index in [1.807, 2.05) is 0 Å². The van der Waals surface area contributed by atoms with E-state index in [4.69, 9.17) is 4.74 Å². The van der Waals surface area contributed by atoms with E-state index in [1.165, 1.54) is 60.8 Å². The first-order valence-corrected chi connectivity index (χ1v) is 7.67. The minimum atomic E-state index is -0.748. The normalized spacial score (nSPS) is 10.4. The maximum Gasteiger partial charge on any atom is 0.259 e. The molecule has 0 aliphatic rings. The molecule has 0 bridgehead atoms. The van der Waals surface area contributed by atoms with Gasteiger partial charge in [-0.2, -0.15) is 0 Å². The van der Waals surface area contributed by atoms with Gasteiger partial charge >= 0.3 is 0 Å². The van der Waals surface area contributed by atoms with Crippen LogP contribution in [0.25, 0.3) is 0 Å². The number of pyridine rings is 1. The number of aromatic nitrogens is 1. The second kappa shape index (κ2) is 7.60. The van der Waals surface area contributed by atoms with Crippen molar-refractivity contribution in [2.24, 2.45) is 0 Å². The molecule has 3 aromatic rings. The van der Waals surface area contributed by atoms with Crippen LogP contribution in [0.2, 0.25) is 0 Å². The fourth-order valence-electron chi connectivity index (χ4n) is 2.28. The van der Waals surface area contributed by atoms with Gasteiger partial charge in [0.1, 0.15) is 24.0 Å². The summed E-state index contributed by atoms with van der Waals surface area (Å²) in [6, 6.07) is 12.3. The van der Waals surface area contributed by atoms with Gasteiger partial charge in [-0.05, 0) is 48.0 Å². The highest BCUT2D eigenvalue weighted by atomic mass is 19.1. The summed E-state index contributed by atoms with van der Waals surface area (Å²) in [7, 11) is 0. The number of ether oxygens (including phenoxy) is 1. The first kappa shape index (κ1) is 17.3. The number of alkyl halides is 1. The SMILES string of the molecule is O=C(Nc1cc[nH]c(=O)c1)c1cc(CF)ccc1Oc1ccc(F)cc1. The Morgan fingerprint density at radius 3 is 2.54 bits per heavy atom. The van der Waals surface area contributed by atoms with Crippen molar-refractivity contribution in [3.63, 3.8) is 0 Å². The zero-order valence-corrected chi connectivity index (χ0v) is 13.5. The molecule has 7 heteroatoms. The van der Waals surface area contributed by atoms with Crippen molar-refractivity contribution in [2.45, 2.75) is 6.67 Å². The molecule has 0 fully saturated rings. The molecule has 132 valence electrons. The second-order valence-electron chi connectivity index (χ2n) is 5.42. The number of halogens is 2. The number of H-pyrrole nitrogens is 1. The summed E-state index contributed by atoms with van der Waals surface area (Å²) in [5.41, 5.74) is 0.303. The van der Waals surface area contributed by atoms with Gasteiger partial charge in [-0.25, -0.2) is 8.78 Å². The molecule has 0 saturated carbocycles. The van der Waals surface area contributed by atoms with Gasteiger partial charge < -0.3 is 15.0 Å². The van der Waals surface area contributed by atoms with Crippen LogP contribution in [-0.4, -0.2) is 10.9 Å². The molecule has 0 atom stereocenters. The Morgan fingerprint density at radius 1 is 1.08 bits per heavy atom. The lowest BCUT2D eigenvalue weighted by Crippen LogP contribution is -2.15. The highest BCUT2D eigenvalue weighted by molar-refractivity contribution is 6.06. The van der Waals surface area contributed by atoms with Crippen molar-refractivity contribution in [2.75, 3.05) is 5.32 Å². The molecule has 0 spiro atoms. The van der Waals surface area contributed by atoms with Crippen molar-refractivity contribution in [3.8, 4) is 11.5 Å². The third-order valence-corrected chi connectivity index (χ3v) is 3.52. The van der Waals surface area contributed by atoms with Crippen LogP contribution in [0, 0.1) is 5.82 Å². The number of benzene rings is 2. The number of rotatable bonds is 5. The second-order valence-corrected chi connectivity index (χ2v) is 5.42. The van der Waals surface area contributed by atoms with Gasteiger partial charge in [0.25, 0.3) is 5.91 Å². The molecular weight excluding hydrogens is 342 g/mol. The molecule has 2 aromatic carbocycles. The first-order valence-electron chi connectivity index (χ1n) is 7.67. The number of carbonyl (C=O) groups is 1. The van der Waals surface area contributed by atoms with Crippen LogP contribution in [0.4, 0.5) is 14.5 Å². The van der Waals surface area contributed by atoms with Gasteiger partial charge in [0, 0.05) is 18.0 Å². The number of hydrogen-bond donors (Lipinski definition) is 2. The third-order valence-electron chi connectivity index (χ3n) is 3.52. The van der Waals surface area contributed by atoms with Crippen molar-refractivity contribution >= 4 is 11.6 Å². The Labute approximate surface area is 147 Å². The molecule has 1 amide bonds. The molecule has 0 saturated heterocycles. The van der Waals surface area contributed by atoms with E-state index in [-0.39, 0.29) is 22.6 Å². The Kier molecular flexibility index (Phi) is 5.07. The smallest absolute Gasteiger partial charge is 0.259 e. The summed E-state index contributed by atoms with van der Waals surface area (Å²) in [6.07, 6.45) is 1.39. The lowest BCUT2D eigenvalue weighted by atomic mass is 10.1. The van der Waals surface area contributed by atoms with Gasteiger partial charge in [-0.15, -0.1) is 0 Å². The fraction of sp³-hybridized carbons (Fsp3) is 0.0526. The lowest BCUT2D eigenvalue weighted by Gasteiger charge is -2.12. The van der Waals surface area contributed by atoms with Crippen LogP contribution < -0.4 is 15.6 Å². The van der Waals surface area contributed by atoms with E-state index >= 15 is 0 Å². The van der Waals surface area contributed by atoms with Crippen LogP contribution in [-0.2, 0) is 6.67 Å². The topological polar surface area (TPSA) is 71.2 Å². The predicted octanol–water partition coefficient (Wildman–Crippen LogP) is 4.03. The van der Waals surface area contributed by atoms with Gasteiger partial charge in [0.05, 0.1) is 5.56 Å². The Hall–Kier alpha value is -3.48. The van der Waals surface area contributed by atoms with Crippen LogP contribution in [0.15, 0.2) is 65.6 Å². The van der Waals surface area contributed by atoms with Gasteiger partial charge in [-0.3, -0.25) is 9.59 Å². The number of amides is 1. The molecular formula is C19H14F2N2O3. The average Bonchev–Trinajstić information content (AvgIpc) is 2.64. The number of hydrogen-bond acceptors (Lipinski definition) is 3. The molecule has 2 N–H and O–H groups in total. The van der Waals surface area contributed by atoms with Gasteiger partial charge in [0.15, 0.2) is 0 Å². The van der Waals surface area contributed by atoms with E-state index < -0.39 is 18.4 Å². The number of aromatic amines is 1. The number of carbonyl (C=O) groups excluding carboxylic acids is 1. The first-order chi connectivity index (χ1) is 12.5. The molecule has 26 heavy (non-hydrogen) atoms. The van der Waals surface area contributed by atoms with E-state index in [0.717, 1.165) is 0 Å². The average molecular weight is 356 g/mol. The molecule has 3 rings (SSSR count). The van der Waals surface area contributed by atoms with E-state index in [9.17, 15) is 18.4 Å². The van der Waals surface area contributed by atoms with E-state index in [0.29, 0.717) is 11.3 Å². The minimum absolute atomic E-state index is 0.0877. The number of nitrogens with one attached hydrogen (secondary N) is 2. The fourth-order valence-corrected chi connectivity index (χ4v) is 2.28. The van der Waals surface area contributed by atoms with Crippen LogP contribution in [0.3, 0.4) is 0 Å². The summed E-state index contributed by atoms with van der Waals surface area (Å²) in [4.78, 5) is 26.3. The molecule has 0 radical (unpaired) electrons. The molecule has 5 nitrogen and oxygen atoms in total. The van der Waals surface area contributed by atoms with Crippen LogP contribution >= 0.6 is 0 Å². The van der Waals surface area contributed by atoms with Crippen molar-refractivity contribution in [1.29, 1.82) is 0 Å². The maximum absolute atomic E-state index is 13.0. The maximum atomic E-state index is 13.0. The van der Waals surface area contributed by atoms with Crippen LogP contribution in [0.5, 0.6) is 11.5 Å². The summed E-state index contributed by atoms with van der Waals surface area (Å²) < 4.78 is 31.6. The third kappa shape index (κ3) is 4.13. The largest absolute Gasteiger partial charge is 0.457 e. The standard InChI is InChI=1S/C19H14F2N2O3/c20-11-12-1-6-17(26-15-4-2-13(21)3-5-15)16(9-12)19(25)23-14-7-8-22-18(24)10-14/h1-10H,11H2,(H2,22,23,24,25). The monoisotopic (exact) mass is 356 g/mol. The molecule has 0 unspecified atom stereocenters. The van der Waals surface area contributed by atoms with Crippen molar-refractivity contribution < 1.29 is 18.3 Å².